The molecule has 1 fully saturated rings. The Hall–Kier alpha value is -1.96. The van der Waals surface area contributed by atoms with Crippen LogP contribution in [0, 0.1) is 10.1 Å². The molecule has 0 saturated carbocycles. The fourth-order valence-corrected chi connectivity index (χ4v) is 2.02. The van der Waals surface area contributed by atoms with E-state index >= 15 is 0 Å². The number of hydrogen-bond acceptors (Lipinski definition) is 7. The molecule has 1 aliphatic heterocycles. The highest BCUT2D eigenvalue weighted by Crippen LogP contribution is 2.31. The van der Waals surface area contributed by atoms with E-state index in [1.807, 2.05) is 0 Å². The Kier molecular flexibility index (Phi) is 3.05. The van der Waals surface area contributed by atoms with Gasteiger partial charge < -0.3 is 15.7 Å². The number of anilines is 2. The Balaban J connectivity index is 2.42. The Morgan fingerprint density at radius 3 is 3.12 bits per heavy atom. The third-order valence-electron chi connectivity index (χ3n) is 2.83. The molecule has 1 unspecified atom stereocenters. The van der Waals surface area contributed by atoms with Gasteiger partial charge in [0.05, 0.1) is 17.6 Å². The lowest BCUT2D eigenvalue weighted by atomic mass is 10.2. The number of hydrogen-bond donors (Lipinski definition) is 2. The van der Waals surface area contributed by atoms with Crippen molar-refractivity contribution >= 4 is 17.5 Å². The molecule has 0 radical (unpaired) electrons. The lowest BCUT2D eigenvalue weighted by molar-refractivity contribution is -0.384. The van der Waals surface area contributed by atoms with Gasteiger partial charge in [0.15, 0.2) is 0 Å². The zero-order chi connectivity index (χ0) is 12.4. The minimum Gasteiger partial charge on any atom is -0.394 e. The van der Waals surface area contributed by atoms with E-state index in [1.165, 1.54) is 0 Å². The van der Waals surface area contributed by atoms with Crippen LogP contribution in [0.4, 0.5) is 17.5 Å². The summed E-state index contributed by atoms with van der Waals surface area (Å²) in [5.74, 6) is 0.188. The van der Waals surface area contributed by atoms with Crippen molar-refractivity contribution in [3.63, 3.8) is 0 Å². The van der Waals surface area contributed by atoms with Gasteiger partial charge >= 0.3 is 5.69 Å². The van der Waals surface area contributed by atoms with Crippen molar-refractivity contribution in [3.8, 4) is 0 Å². The number of aromatic nitrogens is 2. The van der Waals surface area contributed by atoms with E-state index in [1.54, 1.807) is 4.90 Å². The molecule has 1 aromatic heterocycles. The third kappa shape index (κ3) is 2.11. The number of rotatable bonds is 3. The topological polar surface area (TPSA) is 118 Å². The predicted molar refractivity (Wildman–Crippen MR) is 60.6 cm³/mol. The van der Waals surface area contributed by atoms with E-state index in [4.69, 9.17) is 5.73 Å². The summed E-state index contributed by atoms with van der Waals surface area (Å²) in [6, 6.07) is -0.136. The maximum atomic E-state index is 10.9. The molecule has 2 heterocycles. The zero-order valence-corrected chi connectivity index (χ0v) is 9.11. The second kappa shape index (κ2) is 4.50. The Morgan fingerprint density at radius 1 is 1.71 bits per heavy atom. The molecular formula is C9H13N5O3. The normalized spacial score (nSPS) is 19.6. The summed E-state index contributed by atoms with van der Waals surface area (Å²) in [6.07, 6.45) is 2.76. The summed E-state index contributed by atoms with van der Waals surface area (Å²) in [5.41, 5.74) is 5.27. The number of nitrogen functional groups attached to an aromatic ring is 1. The van der Waals surface area contributed by atoms with Crippen molar-refractivity contribution in [1.82, 2.24) is 9.97 Å². The van der Waals surface area contributed by atoms with Crippen LogP contribution in [0.2, 0.25) is 0 Å². The molecule has 0 bridgehead atoms. The van der Waals surface area contributed by atoms with Crippen molar-refractivity contribution in [2.75, 3.05) is 23.8 Å². The number of nitrogens with zero attached hydrogens (tertiary/aromatic N) is 4. The highest BCUT2D eigenvalue weighted by Gasteiger charge is 2.31. The summed E-state index contributed by atoms with van der Waals surface area (Å²) >= 11 is 0. The molecule has 1 aromatic rings. The first kappa shape index (κ1) is 11.5. The van der Waals surface area contributed by atoms with Gasteiger partial charge in [-0.05, 0) is 12.8 Å². The van der Waals surface area contributed by atoms with Gasteiger partial charge in [-0.25, -0.2) is 4.98 Å². The average Bonchev–Trinajstić information content (AvgIpc) is 2.76. The van der Waals surface area contributed by atoms with Gasteiger partial charge in [0.1, 0.15) is 6.20 Å². The van der Waals surface area contributed by atoms with Crippen molar-refractivity contribution in [3.05, 3.63) is 16.3 Å². The number of nitro groups is 1. The van der Waals surface area contributed by atoms with Crippen LogP contribution in [-0.4, -0.2) is 39.2 Å². The van der Waals surface area contributed by atoms with Gasteiger partial charge in [0.2, 0.25) is 11.8 Å². The smallest absolute Gasteiger partial charge is 0.329 e. The van der Waals surface area contributed by atoms with Gasteiger partial charge in [0.25, 0.3) is 0 Å². The molecule has 8 heteroatoms. The number of aliphatic hydroxyl groups excluding tert-OH is 1. The van der Waals surface area contributed by atoms with Crippen LogP contribution in [0.3, 0.4) is 0 Å². The molecule has 92 valence electrons. The molecule has 1 atom stereocenters. The highest BCUT2D eigenvalue weighted by atomic mass is 16.6. The summed E-state index contributed by atoms with van der Waals surface area (Å²) in [4.78, 5) is 19.6. The second-order valence-corrected chi connectivity index (χ2v) is 3.87. The SMILES string of the molecule is Nc1ncc([N+](=O)[O-])c(N2CCCC2CO)n1. The minimum absolute atomic E-state index is 0.00538. The molecule has 1 aliphatic rings. The fraction of sp³-hybridized carbons (Fsp3) is 0.556. The lowest BCUT2D eigenvalue weighted by Gasteiger charge is -2.23. The van der Waals surface area contributed by atoms with Gasteiger partial charge in [0, 0.05) is 6.54 Å². The monoisotopic (exact) mass is 239 g/mol. The fourth-order valence-electron chi connectivity index (χ4n) is 2.02. The molecule has 8 nitrogen and oxygen atoms in total. The first-order valence-electron chi connectivity index (χ1n) is 5.28. The number of aliphatic hydroxyl groups is 1. The molecule has 1 saturated heterocycles. The van der Waals surface area contributed by atoms with Crippen molar-refractivity contribution in [1.29, 1.82) is 0 Å². The van der Waals surface area contributed by atoms with Gasteiger partial charge in [-0.2, -0.15) is 4.98 Å². The van der Waals surface area contributed by atoms with E-state index in [2.05, 4.69) is 9.97 Å². The molecule has 17 heavy (non-hydrogen) atoms. The summed E-state index contributed by atoms with van der Waals surface area (Å²) in [7, 11) is 0. The zero-order valence-electron chi connectivity index (χ0n) is 9.11. The first-order chi connectivity index (χ1) is 8.13. The maximum Gasteiger partial charge on any atom is 0.329 e. The molecule has 0 aromatic carbocycles. The third-order valence-corrected chi connectivity index (χ3v) is 2.83. The molecule has 2 rings (SSSR count). The maximum absolute atomic E-state index is 10.9. The molecule has 0 amide bonds. The first-order valence-corrected chi connectivity index (χ1v) is 5.28. The summed E-state index contributed by atoms with van der Waals surface area (Å²) < 4.78 is 0. The van der Waals surface area contributed by atoms with Gasteiger partial charge in [-0.3, -0.25) is 10.1 Å². The van der Waals surface area contributed by atoms with Crippen LogP contribution in [0.5, 0.6) is 0 Å². The van der Waals surface area contributed by atoms with Crippen LogP contribution in [0.15, 0.2) is 6.20 Å². The van der Waals surface area contributed by atoms with E-state index in [-0.39, 0.29) is 30.1 Å². The van der Waals surface area contributed by atoms with Crippen LogP contribution in [0.1, 0.15) is 12.8 Å². The van der Waals surface area contributed by atoms with Crippen molar-refractivity contribution in [2.45, 2.75) is 18.9 Å². The van der Waals surface area contributed by atoms with Crippen LogP contribution in [0.25, 0.3) is 0 Å². The molecule has 3 N–H and O–H groups in total. The largest absolute Gasteiger partial charge is 0.394 e. The Labute approximate surface area is 97.2 Å². The van der Waals surface area contributed by atoms with E-state index in [0.717, 1.165) is 19.0 Å². The summed E-state index contributed by atoms with van der Waals surface area (Å²) in [5, 5.41) is 20.1. The number of nitrogens with two attached hydrogens (primary N) is 1. The van der Waals surface area contributed by atoms with Gasteiger partial charge in [-0.1, -0.05) is 0 Å². The Morgan fingerprint density at radius 2 is 2.47 bits per heavy atom. The van der Waals surface area contributed by atoms with Crippen LogP contribution in [-0.2, 0) is 0 Å². The molecule has 0 aliphatic carbocycles. The Bertz CT molecular complexity index is 439. The quantitative estimate of drug-likeness (QED) is 0.559. The van der Waals surface area contributed by atoms with E-state index < -0.39 is 4.92 Å². The van der Waals surface area contributed by atoms with Crippen LogP contribution >= 0.6 is 0 Å². The molecular weight excluding hydrogens is 226 g/mol. The lowest BCUT2D eigenvalue weighted by Crippen LogP contribution is -2.33. The van der Waals surface area contributed by atoms with Crippen molar-refractivity contribution < 1.29 is 10.0 Å². The predicted octanol–water partition coefficient (Wildman–Crippen LogP) is -0.0719. The van der Waals surface area contributed by atoms with Crippen LogP contribution < -0.4 is 10.6 Å². The minimum atomic E-state index is -0.540. The highest BCUT2D eigenvalue weighted by molar-refractivity contribution is 5.59. The molecule has 0 spiro atoms. The standard InChI is InChI=1S/C9H13N5O3/c10-9-11-4-7(14(16)17)8(12-9)13-3-1-2-6(13)5-15/h4,6,15H,1-3,5H2,(H2,10,11,12). The summed E-state index contributed by atoms with van der Waals surface area (Å²) in [6.45, 7) is 0.573. The van der Waals surface area contributed by atoms with E-state index in [9.17, 15) is 15.2 Å². The van der Waals surface area contributed by atoms with Gasteiger partial charge in [-0.15, -0.1) is 0 Å². The second-order valence-electron chi connectivity index (χ2n) is 3.87. The average molecular weight is 239 g/mol. The van der Waals surface area contributed by atoms with Crippen molar-refractivity contribution in [2.24, 2.45) is 0 Å². The van der Waals surface area contributed by atoms with E-state index in [0.29, 0.717) is 6.54 Å².